The molecule has 0 N–H and O–H groups in total. The first-order chi connectivity index (χ1) is 14.0. The zero-order valence-electron chi connectivity index (χ0n) is 17.6. The van der Waals surface area contributed by atoms with Crippen LogP contribution in [0, 0.1) is 0 Å². The van der Waals surface area contributed by atoms with E-state index in [2.05, 4.69) is 60.1 Å². The van der Waals surface area contributed by atoms with Gasteiger partial charge in [0.2, 0.25) is 0 Å². The average Bonchev–Trinajstić information content (AvgIpc) is 3.34. The van der Waals surface area contributed by atoms with E-state index in [0.717, 1.165) is 67.8 Å². The van der Waals surface area contributed by atoms with E-state index < -0.39 is 0 Å². The molecule has 0 aromatic carbocycles. The molecular weight excluding hydrogens is 364 g/mol. The van der Waals surface area contributed by atoms with Gasteiger partial charge in [-0.2, -0.15) is 0 Å². The number of hydrogen-bond acceptors (Lipinski definition) is 6. The van der Waals surface area contributed by atoms with E-state index in [0.29, 0.717) is 5.92 Å². The Bertz CT molecular complexity index is 996. The second kappa shape index (κ2) is 7.13. The molecule has 4 heterocycles. The molecule has 0 amide bonds. The Labute approximate surface area is 171 Å². The van der Waals surface area contributed by atoms with Crippen LogP contribution >= 0.6 is 0 Å². The first-order valence-corrected chi connectivity index (χ1v) is 10.8. The summed E-state index contributed by atoms with van der Waals surface area (Å²) in [5.74, 6) is 2.72. The van der Waals surface area contributed by atoms with Gasteiger partial charge in [-0.3, -0.25) is 4.90 Å². The van der Waals surface area contributed by atoms with Crippen molar-refractivity contribution in [3.8, 4) is 0 Å². The summed E-state index contributed by atoms with van der Waals surface area (Å²) >= 11 is 0. The highest BCUT2D eigenvalue weighted by Gasteiger charge is 2.28. The van der Waals surface area contributed by atoms with Gasteiger partial charge in [0.15, 0.2) is 5.65 Å². The lowest BCUT2D eigenvalue weighted by atomic mass is 9.93. The van der Waals surface area contributed by atoms with Gasteiger partial charge in [-0.1, -0.05) is 25.9 Å². The summed E-state index contributed by atoms with van der Waals surface area (Å²) in [4.78, 5) is 9.58. The maximum atomic E-state index is 5.51. The van der Waals surface area contributed by atoms with Crippen LogP contribution < -0.4 is 4.90 Å². The minimum Gasteiger partial charge on any atom is -0.361 e. The molecule has 2 fully saturated rings. The molecule has 0 atom stereocenters. The van der Waals surface area contributed by atoms with Crippen LogP contribution in [0.4, 0.5) is 5.82 Å². The van der Waals surface area contributed by atoms with Crippen LogP contribution in [-0.4, -0.2) is 50.8 Å². The van der Waals surface area contributed by atoms with Crippen molar-refractivity contribution in [3.05, 3.63) is 41.5 Å². The predicted octanol–water partition coefficient (Wildman–Crippen LogP) is 3.60. The fraction of sp³-hybridized carbons (Fsp3) is 0.591. The standard InChI is InChI=1S/C22H30N6O/c1-22(2,3)19-15-28-20(23-19)7-8-21(24-28)27-10-4-9-26(11-12-27)14-17-13-18(29-25-17)16-5-6-16/h7-8,13,15-16H,4-6,9-12,14H2,1-3H3. The zero-order chi connectivity index (χ0) is 20.0. The molecule has 7 heteroatoms. The monoisotopic (exact) mass is 394 g/mol. The van der Waals surface area contributed by atoms with Gasteiger partial charge in [0.05, 0.1) is 17.6 Å². The van der Waals surface area contributed by atoms with Crippen molar-refractivity contribution in [1.82, 2.24) is 24.7 Å². The molecule has 0 unspecified atom stereocenters. The first-order valence-electron chi connectivity index (χ1n) is 10.8. The van der Waals surface area contributed by atoms with Crippen LogP contribution in [0.25, 0.3) is 5.65 Å². The maximum absolute atomic E-state index is 5.51. The topological polar surface area (TPSA) is 62.7 Å². The second-order valence-electron chi connectivity index (χ2n) is 9.48. The average molecular weight is 395 g/mol. The van der Waals surface area contributed by atoms with Crippen molar-refractivity contribution >= 4 is 11.5 Å². The number of anilines is 1. The van der Waals surface area contributed by atoms with Crippen LogP contribution in [0.15, 0.2) is 28.9 Å². The van der Waals surface area contributed by atoms with Gasteiger partial charge in [-0.25, -0.2) is 9.50 Å². The van der Waals surface area contributed by atoms with Gasteiger partial charge in [0, 0.05) is 50.1 Å². The SMILES string of the molecule is CC(C)(C)c1cn2nc(N3CCCN(Cc4cc(C5CC5)on4)CC3)ccc2n1. The summed E-state index contributed by atoms with van der Waals surface area (Å²) < 4.78 is 7.44. The van der Waals surface area contributed by atoms with Crippen molar-refractivity contribution in [2.24, 2.45) is 0 Å². The number of rotatable bonds is 4. The van der Waals surface area contributed by atoms with Gasteiger partial charge in [0.1, 0.15) is 11.6 Å². The zero-order valence-corrected chi connectivity index (χ0v) is 17.6. The molecule has 0 radical (unpaired) electrons. The predicted molar refractivity (Wildman–Crippen MR) is 112 cm³/mol. The molecule has 1 saturated carbocycles. The Hall–Kier alpha value is -2.41. The summed E-state index contributed by atoms with van der Waals surface area (Å²) in [6, 6.07) is 6.33. The molecule has 1 aliphatic carbocycles. The molecule has 3 aromatic heterocycles. The lowest BCUT2D eigenvalue weighted by molar-refractivity contribution is 0.273. The van der Waals surface area contributed by atoms with Crippen LogP contribution in [0.5, 0.6) is 0 Å². The van der Waals surface area contributed by atoms with Gasteiger partial charge >= 0.3 is 0 Å². The van der Waals surface area contributed by atoms with E-state index in [4.69, 9.17) is 14.6 Å². The quantitative estimate of drug-likeness (QED) is 0.674. The highest BCUT2D eigenvalue weighted by atomic mass is 16.5. The summed E-state index contributed by atoms with van der Waals surface area (Å²) in [7, 11) is 0. The van der Waals surface area contributed by atoms with Crippen LogP contribution in [-0.2, 0) is 12.0 Å². The van der Waals surface area contributed by atoms with Gasteiger partial charge in [-0.15, -0.1) is 5.10 Å². The number of fused-ring (bicyclic) bond motifs is 1. The smallest absolute Gasteiger partial charge is 0.153 e. The number of nitrogens with zero attached hydrogens (tertiary/aromatic N) is 6. The summed E-state index contributed by atoms with van der Waals surface area (Å²) in [5, 5.41) is 9.13. The number of aromatic nitrogens is 4. The Morgan fingerprint density at radius 1 is 1.10 bits per heavy atom. The fourth-order valence-corrected chi connectivity index (χ4v) is 3.95. The highest BCUT2D eigenvalue weighted by molar-refractivity contribution is 5.47. The molecule has 7 nitrogen and oxygen atoms in total. The number of hydrogen-bond donors (Lipinski definition) is 0. The van der Waals surface area contributed by atoms with E-state index in [9.17, 15) is 0 Å². The highest BCUT2D eigenvalue weighted by Crippen LogP contribution is 2.40. The lowest BCUT2D eigenvalue weighted by Crippen LogP contribution is -2.31. The van der Waals surface area contributed by atoms with Gasteiger partial charge in [0.25, 0.3) is 0 Å². The van der Waals surface area contributed by atoms with Crippen molar-refractivity contribution in [3.63, 3.8) is 0 Å². The third-order valence-corrected chi connectivity index (χ3v) is 5.93. The summed E-state index contributed by atoms with van der Waals surface area (Å²) in [5.41, 5.74) is 3.07. The Balaban J connectivity index is 1.26. The minimum atomic E-state index is 0.0253. The van der Waals surface area contributed by atoms with E-state index in [-0.39, 0.29) is 5.41 Å². The van der Waals surface area contributed by atoms with Crippen molar-refractivity contribution in [2.45, 2.75) is 57.9 Å². The van der Waals surface area contributed by atoms with Crippen molar-refractivity contribution < 1.29 is 4.52 Å². The molecule has 29 heavy (non-hydrogen) atoms. The van der Waals surface area contributed by atoms with E-state index in [1.807, 2.05) is 4.52 Å². The maximum Gasteiger partial charge on any atom is 0.153 e. The minimum absolute atomic E-state index is 0.0253. The van der Waals surface area contributed by atoms with Crippen LogP contribution in [0.2, 0.25) is 0 Å². The molecule has 0 bridgehead atoms. The third-order valence-electron chi connectivity index (χ3n) is 5.93. The molecule has 1 aliphatic heterocycles. The summed E-state index contributed by atoms with van der Waals surface area (Å²) in [6.45, 7) is 11.5. The molecule has 3 aromatic rings. The summed E-state index contributed by atoms with van der Waals surface area (Å²) in [6.07, 6.45) is 5.67. The van der Waals surface area contributed by atoms with Crippen LogP contribution in [0.3, 0.4) is 0 Å². The van der Waals surface area contributed by atoms with E-state index >= 15 is 0 Å². The van der Waals surface area contributed by atoms with E-state index in [1.54, 1.807) is 0 Å². The van der Waals surface area contributed by atoms with Gasteiger partial charge < -0.3 is 9.42 Å². The molecule has 0 spiro atoms. The Morgan fingerprint density at radius 3 is 2.76 bits per heavy atom. The normalized spacial score (nSPS) is 19.1. The van der Waals surface area contributed by atoms with E-state index in [1.165, 1.54) is 12.8 Å². The molecular formula is C22H30N6O. The largest absolute Gasteiger partial charge is 0.361 e. The second-order valence-corrected chi connectivity index (χ2v) is 9.48. The molecule has 1 saturated heterocycles. The lowest BCUT2D eigenvalue weighted by Gasteiger charge is -2.22. The molecule has 154 valence electrons. The van der Waals surface area contributed by atoms with Crippen LogP contribution in [0.1, 0.15) is 63.1 Å². The van der Waals surface area contributed by atoms with Gasteiger partial charge in [-0.05, 0) is 31.4 Å². The third kappa shape index (κ3) is 4.01. The van der Waals surface area contributed by atoms with Crippen molar-refractivity contribution in [2.75, 3.05) is 31.1 Å². The molecule has 2 aliphatic rings. The number of imidazole rings is 1. The molecule has 5 rings (SSSR count). The Kier molecular flexibility index (Phi) is 4.57. The fourth-order valence-electron chi connectivity index (χ4n) is 3.95. The van der Waals surface area contributed by atoms with Crippen molar-refractivity contribution in [1.29, 1.82) is 0 Å². The first kappa shape index (κ1) is 18.6. The Morgan fingerprint density at radius 2 is 1.97 bits per heavy atom.